The zero-order valence-corrected chi connectivity index (χ0v) is 7.44. The predicted octanol–water partition coefficient (Wildman–Crippen LogP) is 0.909. The highest BCUT2D eigenvalue weighted by Gasteiger charge is 2.03. The van der Waals surface area contributed by atoms with Gasteiger partial charge in [-0.05, 0) is 6.42 Å². The van der Waals surface area contributed by atoms with Crippen LogP contribution in [0.25, 0.3) is 0 Å². The molecule has 1 atom stereocenters. The van der Waals surface area contributed by atoms with Crippen molar-refractivity contribution in [1.82, 2.24) is 5.32 Å². The van der Waals surface area contributed by atoms with Crippen molar-refractivity contribution in [2.24, 2.45) is 0 Å². The van der Waals surface area contributed by atoms with Crippen molar-refractivity contribution in [2.75, 3.05) is 5.33 Å². The third-order valence-corrected chi connectivity index (χ3v) is 1.58. The van der Waals surface area contributed by atoms with E-state index in [4.69, 9.17) is 6.42 Å². The van der Waals surface area contributed by atoms with Gasteiger partial charge < -0.3 is 5.32 Å². The fourth-order valence-electron chi connectivity index (χ4n) is 0.494. The standard InChI is InChI=1S/C7H10BrNO/c1-3-6(4-2)9-7(10)5-8/h1,6H,4-5H2,2H3,(H,9,10). The normalized spacial score (nSPS) is 11.7. The van der Waals surface area contributed by atoms with Crippen molar-refractivity contribution >= 4 is 21.8 Å². The first-order chi connectivity index (χ1) is 4.74. The van der Waals surface area contributed by atoms with E-state index in [0.717, 1.165) is 6.42 Å². The molecule has 56 valence electrons. The second-order valence-electron chi connectivity index (χ2n) is 1.83. The van der Waals surface area contributed by atoms with Crippen LogP contribution in [-0.4, -0.2) is 17.3 Å². The lowest BCUT2D eigenvalue weighted by Crippen LogP contribution is -2.33. The Labute approximate surface area is 69.5 Å². The maximum atomic E-state index is 10.7. The van der Waals surface area contributed by atoms with Gasteiger partial charge in [0.2, 0.25) is 5.91 Å². The van der Waals surface area contributed by atoms with Crippen LogP contribution in [0.1, 0.15) is 13.3 Å². The second kappa shape index (κ2) is 5.31. The van der Waals surface area contributed by atoms with Crippen LogP contribution in [0.3, 0.4) is 0 Å². The molecule has 0 saturated carbocycles. The number of amides is 1. The van der Waals surface area contributed by atoms with Crippen LogP contribution in [0, 0.1) is 12.3 Å². The molecule has 0 aliphatic heterocycles. The van der Waals surface area contributed by atoms with Crippen molar-refractivity contribution in [3.8, 4) is 12.3 Å². The van der Waals surface area contributed by atoms with Crippen LogP contribution >= 0.6 is 15.9 Å². The lowest BCUT2D eigenvalue weighted by atomic mass is 10.2. The van der Waals surface area contributed by atoms with Gasteiger partial charge in [0.05, 0.1) is 11.4 Å². The number of halogens is 1. The molecule has 0 aromatic carbocycles. The fraction of sp³-hybridized carbons (Fsp3) is 0.571. The number of nitrogens with one attached hydrogen (secondary N) is 1. The zero-order valence-electron chi connectivity index (χ0n) is 5.86. The summed E-state index contributed by atoms with van der Waals surface area (Å²) in [4.78, 5) is 10.7. The molecular formula is C7H10BrNO. The summed E-state index contributed by atoms with van der Waals surface area (Å²) < 4.78 is 0. The first-order valence-corrected chi connectivity index (χ1v) is 4.18. The minimum Gasteiger partial charge on any atom is -0.342 e. The van der Waals surface area contributed by atoms with E-state index in [-0.39, 0.29) is 11.9 Å². The molecule has 0 aliphatic carbocycles. The second-order valence-corrected chi connectivity index (χ2v) is 2.39. The van der Waals surface area contributed by atoms with Crippen LogP contribution in [0.5, 0.6) is 0 Å². The van der Waals surface area contributed by atoms with E-state index in [1.54, 1.807) is 0 Å². The summed E-state index contributed by atoms with van der Waals surface area (Å²) in [6.45, 7) is 1.93. The van der Waals surface area contributed by atoms with Crippen LogP contribution in [0.15, 0.2) is 0 Å². The smallest absolute Gasteiger partial charge is 0.231 e. The molecule has 0 aromatic heterocycles. The molecule has 0 rings (SSSR count). The van der Waals surface area contributed by atoms with E-state index in [1.165, 1.54) is 0 Å². The topological polar surface area (TPSA) is 29.1 Å². The van der Waals surface area contributed by atoms with Gasteiger partial charge in [0.15, 0.2) is 0 Å². The third kappa shape index (κ3) is 3.52. The summed E-state index contributed by atoms with van der Waals surface area (Å²) in [5.41, 5.74) is 0. The average molecular weight is 204 g/mol. The molecule has 0 aliphatic rings. The molecule has 0 radical (unpaired) electrons. The fourth-order valence-corrected chi connectivity index (χ4v) is 0.656. The number of hydrogen-bond donors (Lipinski definition) is 1. The van der Waals surface area contributed by atoms with Crippen LogP contribution in [-0.2, 0) is 4.79 Å². The van der Waals surface area contributed by atoms with Gasteiger partial charge in [-0.15, -0.1) is 6.42 Å². The summed E-state index contributed by atoms with van der Waals surface area (Å²) in [5.74, 6) is 2.40. The SMILES string of the molecule is C#CC(CC)NC(=O)CBr. The summed E-state index contributed by atoms with van der Waals surface area (Å²) in [6, 6.07) is -0.120. The Balaban J connectivity index is 3.66. The molecule has 1 amide bonds. The van der Waals surface area contributed by atoms with E-state index in [1.807, 2.05) is 6.92 Å². The molecule has 1 N–H and O–H groups in total. The van der Waals surface area contributed by atoms with Crippen LogP contribution < -0.4 is 5.32 Å². The monoisotopic (exact) mass is 203 g/mol. The van der Waals surface area contributed by atoms with Gasteiger partial charge in [0, 0.05) is 0 Å². The summed E-state index contributed by atoms with van der Waals surface area (Å²) >= 11 is 3.02. The zero-order chi connectivity index (χ0) is 7.98. The predicted molar refractivity (Wildman–Crippen MR) is 44.8 cm³/mol. The molecule has 1 unspecified atom stereocenters. The number of terminal acetylenes is 1. The summed E-state index contributed by atoms with van der Waals surface area (Å²) in [5, 5.41) is 2.95. The van der Waals surface area contributed by atoms with Gasteiger partial charge in [-0.2, -0.15) is 0 Å². The number of alkyl halides is 1. The van der Waals surface area contributed by atoms with E-state index >= 15 is 0 Å². The maximum Gasteiger partial charge on any atom is 0.231 e. The lowest BCUT2D eigenvalue weighted by Gasteiger charge is -2.07. The minimum absolute atomic E-state index is 0.0650. The highest BCUT2D eigenvalue weighted by atomic mass is 79.9. The van der Waals surface area contributed by atoms with Gasteiger partial charge in [0.25, 0.3) is 0 Å². The van der Waals surface area contributed by atoms with Crippen LogP contribution in [0.4, 0.5) is 0 Å². The van der Waals surface area contributed by atoms with Crippen LogP contribution in [0.2, 0.25) is 0 Å². The van der Waals surface area contributed by atoms with E-state index in [0.29, 0.717) is 5.33 Å². The van der Waals surface area contributed by atoms with Crippen molar-refractivity contribution in [3.05, 3.63) is 0 Å². The summed E-state index contributed by atoms with van der Waals surface area (Å²) in [6.07, 6.45) is 5.88. The molecular weight excluding hydrogens is 194 g/mol. The van der Waals surface area contributed by atoms with Gasteiger partial charge >= 0.3 is 0 Å². The number of rotatable bonds is 3. The van der Waals surface area contributed by atoms with E-state index < -0.39 is 0 Å². The molecule has 0 saturated heterocycles. The Bertz CT molecular complexity index is 150. The Morgan fingerprint density at radius 2 is 2.50 bits per heavy atom. The van der Waals surface area contributed by atoms with Crippen molar-refractivity contribution in [1.29, 1.82) is 0 Å². The van der Waals surface area contributed by atoms with E-state index in [9.17, 15) is 4.79 Å². The minimum atomic E-state index is -0.120. The number of carbonyl (C=O) groups is 1. The average Bonchev–Trinajstić information content (AvgIpc) is 1.99. The molecule has 0 spiro atoms. The van der Waals surface area contributed by atoms with Gasteiger partial charge in [0.1, 0.15) is 0 Å². The number of hydrogen-bond acceptors (Lipinski definition) is 1. The van der Waals surface area contributed by atoms with E-state index in [2.05, 4.69) is 27.2 Å². The largest absolute Gasteiger partial charge is 0.342 e. The molecule has 2 nitrogen and oxygen atoms in total. The highest BCUT2D eigenvalue weighted by Crippen LogP contribution is 1.88. The van der Waals surface area contributed by atoms with Gasteiger partial charge in [-0.25, -0.2) is 0 Å². The Kier molecular flexibility index (Phi) is 5.05. The van der Waals surface area contributed by atoms with Crippen molar-refractivity contribution < 1.29 is 4.79 Å². The lowest BCUT2D eigenvalue weighted by molar-refractivity contribution is -0.118. The van der Waals surface area contributed by atoms with Gasteiger partial charge in [-0.1, -0.05) is 28.8 Å². The Morgan fingerprint density at radius 1 is 1.90 bits per heavy atom. The summed E-state index contributed by atoms with van der Waals surface area (Å²) in [7, 11) is 0. The van der Waals surface area contributed by atoms with Gasteiger partial charge in [-0.3, -0.25) is 4.79 Å². The third-order valence-electron chi connectivity index (χ3n) is 1.07. The quantitative estimate of drug-likeness (QED) is 0.537. The number of carbonyl (C=O) groups excluding carboxylic acids is 1. The molecule has 0 bridgehead atoms. The molecule has 0 fully saturated rings. The Morgan fingerprint density at radius 3 is 2.80 bits per heavy atom. The van der Waals surface area contributed by atoms with Crippen molar-refractivity contribution in [2.45, 2.75) is 19.4 Å². The maximum absolute atomic E-state index is 10.7. The van der Waals surface area contributed by atoms with Crippen molar-refractivity contribution in [3.63, 3.8) is 0 Å². The molecule has 10 heavy (non-hydrogen) atoms. The highest BCUT2D eigenvalue weighted by molar-refractivity contribution is 9.09. The first-order valence-electron chi connectivity index (χ1n) is 3.06. The molecule has 0 heterocycles. The first kappa shape index (κ1) is 9.51. The Hall–Kier alpha value is -0.490. The molecule has 0 aromatic rings. The molecule has 3 heteroatoms.